The Bertz CT molecular complexity index is 1460. The number of piperidine rings is 1. The number of hydrogen-bond acceptors (Lipinski definition) is 9. The molecular formula is C33H40N6O5. The molecular weight excluding hydrogens is 560 g/mol. The average Bonchev–Trinajstić information content (AvgIpc) is 3.04. The number of carbonyl (C=O) groups is 2. The van der Waals surface area contributed by atoms with E-state index in [1.807, 2.05) is 42.6 Å². The van der Waals surface area contributed by atoms with E-state index in [0.717, 1.165) is 38.2 Å². The van der Waals surface area contributed by atoms with Crippen LogP contribution in [0.2, 0.25) is 0 Å². The van der Waals surface area contributed by atoms with E-state index in [2.05, 4.69) is 38.0 Å². The van der Waals surface area contributed by atoms with Crippen molar-refractivity contribution in [2.45, 2.75) is 38.5 Å². The number of dihydropyridines is 1. The van der Waals surface area contributed by atoms with Crippen LogP contribution >= 0.6 is 0 Å². The monoisotopic (exact) mass is 600 g/mol. The lowest BCUT2D eigenvalue weighted by Crippen LogP contribution is -2.35. The molecule has 11 heteroatoms. The van der Waals surface area contributed by atoms with Crippen molar-refractivity contribution in [3.8, 4) is 11.9 Å². The lowest BCUT2D eigenvalue weighted by molar-refractivity contribution is -0.137. The number of nitriles is 1. The Kier molecular flexibility index (Phi) is 11.0. The number of nitrogens with one attached hydrogen (secondary N) is 3. The average molecular weight is 601 g/mol. The second-order valence-electron chi connectivity index (χ2n) is 10.7. The highest BCUT2D eigenvalue weighted by Crippen LogP contribution is 2.39. The summed E-state index contributed by atoms with van der Waals surface area (Å²) in [6.45, 7) is 6.72. The summed E-state index contributed by atoms with van der Waals surface area (Å²) in [6.07, 6.45) is 4.07. The zero-order valence-electron chi connectivity index (χ0n) is 25.9. The van der Waals surface area contributed by atoms with Gasteiger partial charge in [0.05, 0.1) is 44.9 Å². The van der Waals surface area contributed by atoms with E-state index < -0.39 is 17.9 Å². The van der Waals surface area contributed by atoms with E-state index in [0.29, 0.717) is 52.2 Å². The van der Waals surface area contributed by atoms with E-state index >= 15 is 0 Å². The van der Waals surface area contributed by atoms with Crippen LogP contribution in [-0.4, -0.2) is 70.3 Å². The largest absolute Gasteiger partial charge is 0.497 e. The summed E-state index contributed by atoms with van der Waals surface area (Å²) in [7, 11) is 4.30. The van der Waals surface area contributed by atoms with Gasteiger partial charge in [-0.15, -0.1) is 0 Å². The summed E-state index contributed by atoms with van der Waals surface area (Å²) in [5.41, 5.74) is 4.42. The molecule has 1 saturated heterocycles. The minimum atomic E-state index is -0.720. The van der Waals surface area contributed by atoms with Crippen molar-refractivity contribution in [3.63, 3.8) is 0 Å². The maximum Gasteiger partial charge on any atom is 0.336 e. The number of methoxy groups -OCH3 is 3. The first kappa shape index (κ1) is 32.1. The van der Waals surface area contributed by atoms with Gasteiger partial charge < -0.3 is 29.7 Å². The van der Waals surface area contributed by atoms with Gasteiger partial charge >= 0.3 is 11.9 Å². The predicted molar refractivity (Wildman–Crippen MR) is 168 cm³/mol. The quantitative estimate of drug-likeness (QED) is 0.127. The Morgan fingerprint density at radius 1 is 0.977 bits per heavy atom. The molecule has 0 aliphatic carbocycles. The second kappa shape index (κ2) is 15.1. The van der Waals surface area contributed by atoms with Crippen LogP contribution in [0.1, 0.15) is 49.7 Å². The number of hydrogen-bond donors (Lipinski definition) is 3. The number of benzene rings is 2. The summed E-state index contributed by atoms with van der Waals surface area (Å²) in [5.74, 6) is -0.118. The lowest BCUT2D eigenvalue weighted by atomic mass is 9.80. The maximum atomic E-state index is 12.9. The highest BCUT2D eigenvalue weighted by Gasteiger charge is 2.37. The third kappa shape index (κ3) is 7.57. The zero-order chi connectivity index (χ0) is 31.6. The van der Waals surface area contributed by atoms with Crippen molar-refractivity contribution in [1.29, 1.82) is 5.26 Å². The SMILES string of the molecule is COC(=O)C1=C(C)NC(C)=C(C(=O)OC)C1c1cccc(NC(=NCCN2CCC(c3cccc(OC)c3)CC2)NC#N)c1. The van der Waals surface area contributed by atoms with Crippen LogP contribution < -0.4 is 20.7 Å². The van der Waals surface area contributed by atoms with Gasteiger partial charge in [0.1, 0.15) is 5.75 Å². The number of allylic oxidation sites excluding steroid dienone is 2. The molecule has 4 rings (SSSR count). The molecule has 0 saturated carbocycles. The number of carbonyl (C=O) groups excluding carboxylic acids is 2. The van der Waals surface area contributed by atoms with Gasteiger partial charge in [0.25, 0.3) is 0 Å². The third-order valence-electron chi connectivity index (χ3n) is 8.07. The van der Waals surface area contributed by atoms with Gasteiger partial charge in [0, 0.05) is 23.6 Å². The molecule has 0 bridgehead atoms. The maximum absolute atomic E-state index is 12.9. The van der Waals surface area contributed by atoms with Crippen LogP contribution in [0.25, 0.3) is 0 Å². The fourth-order valence-electron chi connectivity index (χ4n) is 5.87. The predicted octanol–water partition coefficient (Wildman–Crippen LogP) is 3.99. The van der Waals surface area contributed by atoms with Gasteiger partial charge in [-0.25, -0.2) is 9.59 Å². The molecule has 2 aromatic carbocycles. The molecule has 0 atom stereocenters. The van der Waals surface area contributed by atoms with Crippen molar-refractivity contribution in [2.75, 3.05) is 52.8 Å². The Balaban J connectivity index is 1.46. The lowest BCUT2D eigenvalue weighted by Gasteiger charge is -2.32. The minimum Gasteiger partial charge on any atom is -0.497 e. The Labute approximate surface area is 258 Å². The van der Waals surface area contributed by atoms with Gasteiger partial charge in [-0.2, -0.15) is 5.26 Å². The number of guanidine groups is 1. The molecule has 0 spiro atoms. The summed E-state index contributed by atoms with van der Waals surface area (Å²) in [5, 5.41) is 18.3. The zero-order valence-corrected chi connectivity index (χ0v) is 25.9. The van der Waals surface area contributed by atoms with Crippen molar-refractivity contribution in [1.82, 2.24) is 15.5 Å². The van der Waals surface area contributed by atoms with Gasteiger partial charge in [-0.1, -0.05) is 24.3 Å². The fraction of sp³-hybridized carbons (Fsp3) is 0.394. The van der Waals surface area contributed by atoms with E-state index in [1.54, 1.807) is 21.0 Å². The Morgan fingerprint density at radius 2 is 1.61 bits per heavy atom. The Hall–Kier alpha value is -4.82. The molecule has 2 aliphatic heterocycles. The highest BCUT2D eigenvalue weighted by atomic mass is 16.5. The number of anilines is 1. The first-order chi connectivity index (χ1) is 21.3. The van der Waals surface area contributed by atoms with Crippen LogP contribution in [0.15, 0.2) is 76.1 Å². The van der Waals surface area contributed by atoms with Crippen LogP contribution in [-0.2, 0) is 19.1 Å². The van der Waals surface area contributed by atoms with Crippen LogP contribution in [0.5, 0.6) is 5.75 Å². The van der Waals surface area contributed by atoms with Gasteiger partial charge in [-0.05, 0) is 81.1 Å². The smallest absolute Gasteiger partial charge is 0.336 e. The molecule has 11 nitrogen and oxygen atoms in total. The third-order valence-corrected chi connectivity index (χ3v) is 8.07. The molecule has 44 heavy (non-hydrogen) atoms. The molecule has 0 aromatic heterocycles. The summed E-state index contributed by atoms with van der Waals surface area (Å²) in [6, 6.07) is 15.6. The van der Waals surface area contributed by atoms with Crippen molar-refractivity contribution in [2.24, 2.45) is 4.99 Å². The van der Waals surface area contributed by atoms with E-state index in [9.17, 15) is 14.9 Å². The van der Waals surface area contributed by atoms with Gasteiger partial charge in [0.15, 0.2) is 6.19 Å². The van der Waals surface area contributed by atoms with Crippen LogP contribution in [0.3, 0.4) is 0 Å². The molecule has 232 valence electrons. The second-order valence-corrected chi connectivity index (χ2v) is 10.7. The highest BCUT2D eigenvalue weighted by molar-refractivity contribution is 6.00. The molecule has 0 amide bonds. The van der Waals surface area contributed by atoms with E-state index in [4.69, 9.17) is 14.2 Å². The molecule has 3 N–H and O–H groups in total. The number of rotatable bonds is 9. The van der Waals surface area contributed by atoms with Crippen molar-refractivity contribution >= 4 is 23.6 Å². The van der Waals surface area contributed by atoms with Crippen molar-refractivity contribution in [3.05, 3.63) is 82.2 Å². The number of ether oxygens (including phenoxy) is 3. The summed E-state index contributed by atoms with van der Waals surface area (Å²) >= 11 is 0. The Morgan fingerprint density at radius 3 is 2.23 bits per heavy atom. The number of likely N-dealkylation sites (tertiary alicyclic amines) is 1. The number of esters is 2. The van der Waals surface area contributed by atoms with E-state index in [1.165, 1.54) is 19.8 Å². The molecule has 2 aliphatic rings. The van der Waals surface area contributed by atoms with Crippen LogP contribution in [0.4, 0.5) is 5.69 Å². The summed E-state index contributed by atoms with van der Waals surface area (Å²) in [4.78, 5) is 32.7. The first-order valence-corrected chi connectivity index (χ1v) is 14.6. The molecule has 2 aromatic rings. The van der Waals surface area contributed by atoms with Crippen molar-refractivity contribution < 1.29 is 23.8 Å². The van der Waals surface area contributed by atoms with Crippen LogP contribution in [0, 0.1) is 11.5 Å². The van der Waals surface area contributed by atoms with Gasteiger partial charge in [-0.3, -0.25) is 10.3 Å². The standard InChI is InChI=1S/C33H40N6O5/c1-21-28(31(40)43-4)30(29(22(2)37-21)32(41)44-5)25-9-6-10-26(18-25)38-33(36-20-34)35-14-17-39-15-12-23(13-16-39)24-8-7-11-27(19-24)42-3/h6-11,18-19,23,30,37H,12-17H2,1-5H3,(H2,35,36,38). The van der Waals surface area contributed by atoms with E-state index in [-0.39, 0.29) is 0 Å². The first-order valence-electron chi connectivity index (χ1n) is 14.6. The molecule has 0 radical (unpaired) electrons. The van der Waals surface area contributed by atoms with Gasteiger partial charge in [0.2, 0.25) is 5.96 Å². The molecule has 2 heterocycles. The minimum absolute atomic E-state index is 0.307. The normalized spacial score (nSPS) is 16.6. The summed E-state index contributed by atoms with van der Waals surface area (Å²) < 4.78 is 15.5. The molecule has 1 fully saturated rings. The topological polar surface area (TPSA) is 137 Å². The number of nitrogens with zero attached hydrogens (tertiary/aromatic N) is 3. The number of aliphatic imine (C=N–C) groups is 1. The fourth-order valence-corrected chi connectivity index (χ4v) is 5.87. The molecule has 0 unspecified atom stereocenters.